The Morgan fingerprint density at radius 3 is 2.67 bits per heavy atom. The zero-order chi connectivity index (χ0) is 23.7. The first-order chi connectivity index (χ1) is 15.8. The molecule has 0 radical (unpaired) electrons. The Morgan fingerprint density at radius 1 is 1.27 bits per heavy atom. The molecule has 0 spiro atoms. The van der Waals surface area contributed by atoms with Gasteiger partial charge in [-0.2, -0.15) is 0 Å². The molecule has 2 aromatic carbocycles. The van der Waals surface area contributed by atoms with Gasteiger partial charge in [0, 0.05) is 5.02 Å². The zero-order valence-electron chi connectivity index (χ0n) is 18.2. The molecule has 3 aromatic rings. The Labute approximate surface area is 198 Å². The number of nitrogens with zero attached hydrogens (tertiary/aromatic N) is 2. The Hall–Kier alpha value is -3.36. The van der Waals surface area contributed by atoms with Gasteiger partial charge in [-0.15, -0.1) is 0 Å². The predicted octanol–water partition coefficient (Wildman–Crippen LogP) is 3.17. The third-order valence-corrected chi connectivity index (χ3v) is 6.43. The highest BCUT2D eigenvalue weighted by molar-refractivity contribution is 7.07. The molecule has 7 nitrogen and oxygen atoms in total. The topological polar surface area (TPSA) is 90.1 Å². The molecule has 0 saturated carbocycles. The standard InChI is InChI=1S/C24H21ClN2O5S/c1-4-32-18-11-14(5-10-17(18)28)12-19-22(29)27-21(15-6-8-16(25)9-7-15)20(23(30)31-3)13(2)26-24(27)33-19/h5-12,21,28H,4H2,1-3H3/b19-12-/t21-/m1/s1. The summed E-state index contributed by atoms with van der Waals surface area (Å²) < 4.78 is 12.4. The molecule has 0 fully saturated rings. The summed E-state index contributed by atoms with van der Waals surface area (Å²) in [5.74, 6) is -0.191. The average Bonchev–Trinajstić information content (AvgIpc) is 3.10. The number of allylic oxidation sites excluding steroid dienone is 1. The number of carbonyl (C=O) groups excluding carboxylic acids is 1. The zero-order valence-corrected chi connectivity index (χ0v) is 19.7. The van der Waals surface area contributed by atoms with E-state index in [1.54, 1.807) is 49.4 Å². The number of phenols is 1. The molecule has 1 atom stereocenters. The smallest absolute Gasteiger partial charge is 0.338 e. The number of thiazole rings is 1. The SMILES string of the molecule is CCOc1cc(/C=c2\sc3n(c2=O)[C@H](c2ccc(Cl)cc2)C(C(=O)OC)=C(C)N=3)ccc1O. The number of halogens is 1. The molecule has 4 rings (SSSR count). The Bertz CT molecular complexity index is 1440. The Kier molecular flexibility index (Phi) is 6.40. The van der Waals surface area contributed by atoms with Crippen LogP contribution < -0.4 is 19.6 Å². The maximum atomic E-state index is 13.5. The third-order valence-electron chi connectivity index (χ3n) is 5.19. The van der Waals surface area contributed by atoms with Crippen LogP contribution in [-0.4, -0.2) is 29.4 Å². The molecule has 1 aliphatic heterocycles. The third kappa shape index (κ3) is 4.31. The van der Waals surface area contributed by atoms with Crippen molar-refractivity contribution in [2.45, 2.75) is 19.9 Å². The van der Waals surface area contributed by atoms with Crippen molar-refractivity contribution < 1.29 is 19.4 Å². The van der Waals surface area contributed by atoms with E-state index in [-0.39, 0.29) is 11.3 Å². The first-order valence-electron chi connectivity index (χ1n) is 10.2. The van der Waals surface area contributed by atoms with Crippen LogP contribution in [0.5, 0.6) is 11.5 Å². The van der Waals surface area contributed by atoms with Crippen molar-refractivity contribution in [2.75, 3.05) is 13.7 Å². The van der Waals surface area contributed by atoms with Crippen LogP contribution in [0.25, 0.3) is 6.08 Å². The average molecular weight is 485 g/mol. The van der Waals surface area contributed by atoms with Gasteiger partial charge in [0.05, 0.1) is 35.6 Å². The van der Waals surface area contributed by atoms with Crippen LogP contribution in [0.2, 0.25) is 5.02 Å². The highest BCUT2D eigenvalue weighted by atomic mass is 35.5. The molecule has 0 bridgehead atoms. The lowest BCUT2D eigenvalue weighted by atomic mass is 9.96. The fraction of sp³-hybridized carbons (Fsp3) is 0.208. The molecule has 1 N–H and O–H groups in total. The largest absolute Gasteiger partial charge is 0.504 e. The predicted molar refractivity (Wildman–Crippen MR) is 127 cm³/mol. The Balaban J connectivity index is 1.93. The van der Waals surface area contributed by atoms with E-state index in [1.165, 1.54) is 29.1 Å². The number of phenolic OH excluding ortho intramolecular Hbond substituents is 1. The number of rotatable bonds is 5. The molecule has 0 aliphatic carbocycles. The maximum absolute atomic E-state index is 13.5. The monoisotopic (exact) mass is 484 g/mol. The summed E-state index contributed by atoms with van der Waals surface area (Å²) in [7, 11) is 1.30. The maximum Gasteiger partial charge on any atom is 0.338 e. The van der Waals surface area contributed by atoms with E-state index < -0.39 is 12.0 Å². The minimum Gasteiger partial charge on any atom is -0.504 e. The number of aromatic hydroxyl groups is 1. The fourth-order valence-electron chi connectivity index (χ4n) is 3.70. The molecule has 0 amide bonds. The van der Waals surface area contributed by atoms with Gasteiger partial charge in [0.2, 0.25) is 0 Å². The number of ether oxygens (including phenoxy) is 2. The molecule has 0 saturated heterocycles. The van der Waals surface area contributed by atoms with Gasteiger partial charge < -0.3 is 14.6 Å². The Morgan fingerprint density at radius 2 is 2.00 bits per heavy atom. The minimum atomic E-state index is -0.702. The molecule has 33 heavy (non-hydrogen) atoms. The lowest BCUT2D eigenvalue weighted by molar-refractivity contribution is -0.136. The van der Waals surface area contributed by atoms with Crippen molar-refractivity contribution in [3.8, 4) is 11.5 Å². The second-order valence-electron chi connectivity index (χ2n) is 7.29. The van der Waals surface area contributed by atoms with Crippen LogP contribution in [0.4, 0.5) is 0 Å². The van der Waals surface area contributed by atoms with E-state index in [9.17, 15) is 14.7 Å². The summed E-state index contributed by atoms with van der Waals surface area (Å²) in [6.07, 6.45) is 1.71. The van der Waals surface area contributed by atoms with E-state index >= 15 is 0 Å². The number of fused-ring (bicyclic) bond motifs is 1. The number of benzene rings is 2. The number of esters is 1. The normalized spacial score (nSPS) is 15.8. The summed E-state index contributed by atoms with van der Waals surface area (Å²) in [5.41, 5.74) is 1.89. The van der Waals surface area contributed by atoms with E-state index in [0.29, 0.717) is 49.1 Å². The molecule has 170 valence electrons. The first kappa shape index (κ1) is 22.8. The summed E-state index contributed by atoms with van der Waals surface area (Å²) in [6.45, 7) is 3.94. The summed E-state index contributed by atoms with van der Waals surface area (Å²) >= 11 is 7.28. The number of methoxy groups -OCH3 is 1. The minimum absolute atomic E-state index is 0.0246. The van der Waals surface area contributed by atoms with Crippen molar-refractivity contribution in [1.29, 1.82) is 0 Å². The van der Waals surface area contributed by atoms with Crippen LogP contribution in [-0.2, 0) is 9.53 Å². The molecular formula is C24H21ClN2O5S. The van der Waals surface area contributed by atoms with E-state index in [4.69, 9.17) is 21.1 Å². The highest BCUT2D eigenvalue weighted by Crippen LogP contribution is 2.31. The molecular weight excluding hydrogens is 464 g/mol. The quantitative estimate of drug-likeness (QED) is 0.562. The van der Waals surface area contributed by atoms with Gasteiger partial charge in [0.1, 0.15) is 0 Å². The first-order valence-corrected chi connectivity index (χ1v) is 11.4. The van der Waals surface area contributed by atoms with Gasteiger partial charge in [-0.1, -0.05) is 41.1 Å². The van der Waals surface area contributed by atoms with Crippen molar-refractivity contribution >= 4 is 35.0 Å². The highest BCUT2D eigenvalue weighted by Gasteiger charge is 2.33. The van der Waals surface area contributed by atoms with Crippen LogP contribution in [0.1, 0.15) is 31.0 Å². The van der Waals surface area contributed by atoms with Crippen LogP contribution in [0.3, 0.4) is 0 Å². The molecule has 2 heterocycles. The van der Waals surface area contributed by atoms with Crippen LogP contribution in [0.15, 0.2) is 63.5 Å². The summed E-state index contributed by atoms with van der Waals surface area (Å²) in [6, 6.07) is 11.2. The lowest BCUT2D eigenvalue weighted by Crippen LogP contribution is -2.39. The number of hydrogen-bond donors (Lipinski definition) is 1. The van der Waals surface area contributed by atoms with Gasteiger partial charge in [-0.05, 0) is 55.3 Å². The van der Waals surface area contributed by atoms with Gasteiger partial charge in [-0.3, -0.25) is 9.36 Å². The van der Waals surface area contributed by atoms with Crippen molar-refractivity contribution in [3.63, 3.8) is 0 Å². The van der Waals surface area contributed by atoms with Crippen molar-refractivity contribution in [1.82, 2.24) is 4.57 Å². The summed E-state index contributed by atoms with van der Waals surface area (Å²) in [5, 5.41) is 10.5. The molecule has 9 heteroatoms. The molecule has 1 aromatic heterocycles. The van der Waals surface area contributed by atoms with Gasteiger partial charge in [0.25, 0.3) is 5.56 Å². The van der Waals surface area contributed by atoms with E-state index in [0.717, 1.165) is 0 Å². The van der Waals surface area contributed by atoms with Gasteiger partial charge >= 0.3 is 5.97 Å². The van der Waals surface area contributed by atoms with Crippen LogP contribution >= 0.6 is 22.9 Å². The second kappa shape index (κ2) is 9.25. The van der Waals surface area contributed by atoms with Crippen molar-refractivity contribution in [2.24, 2.45) is 4.99 Å². The second-order valence-corrected chi connectivity index (χ2v) is 8.73. The van der Waals surface area contributed by atoms with Crippen LogP contribution in [0, 0.1) is 0 Å². The number of hydrogen-bond acceptors (Lipinski definition) is 7. The number of carbonyl (C=O) groups is 1. The number of aromatic nitrogens is 1. The molecule has 0 unspecified atom stereocenters. The fourth-order valence-corrected chi connectivity index (χ4v) is 4.87. The van der Waals surface area contributed by atoms with E-state index in [2.05, 4.69) is 4.99 Å². The lowest BCUT2D eigenvalue weighted by Gasteiger charge is -2.24. The summed E-state index contributed by atoms with van der Waals surface area (Å²) in [4.78, 5) is 31.2. The van der Waals surface area contributed by atoms with Gasteiger partial charge in [-0.25, -0.2) is 9.79 Å². The van der Waals surface area contributed by atoms with Crippen molar-refractivity contribution in [3.05, 3.63) is 89.6 Å². The van der Waals surface area contributed by atoms with Gasteiger partial charge in [0.15, 0.2) is 16.3 Å². The molecule has 1 aliphatic rings. The van der Waals surface area contributed by atoms with E-state index in [1.807, 2.05) is 6.92 Å².